The van der Waals surface area contributed by atoms with Crippen molar-refractivity contribution >= 4 is 9.84 Å². The van der Waals surface area contributed by atoms with Crippen molar-refractivity contribution in [3.05, 3.63) is 65.7 Å². The van der Waals surface area contributed by atoms with Gasteiger partial charge in [-0.05, 0) is 36.1 Å². The molecule has 1 saturated heterocycles. The molecular formula is C20H22O4S. The van der Waals surface area contributed by atoms with E-state index < -0.39 is 14.6 Å². The molecule has 0 radical (unpaired) electrons. The Morgan fingerprint density at radius 2 is 1.64 bits per heavy atom. The van der Waals surface area contributed by atoms with Crippen LogP contribution in [0.15, 0.2) is 54.6 Å². The van der Waals surface area contributed by atoms with Crippen molar-refractivity contribution in [2.24, 2.45) is 5.41 Å². The summed E-state index contributed by atoms with van der Waals surface area (Å²) in [5.41, 5.74) is 2.04. The zero-order valence-corrected chi connectivity index (χ0v) is 15.1. The molecule has 1 aliphatic heterocycles. The lowest BCUT2D eigenvalue weighted by Crippen LogP contribution is -2.62. The Hall–Kier alpha value is -1.85. The van der Waals surface area contributed by atoms with Crippen LogP contribution in [0.1, 0.15) is 24.0 Å². The maximum atomic E-state index is 12.5. The summed E-state index contributed by atoms with van der Waals surface area (Å²) in [5, 5.41) is 0. The molecule has 2 aromatic carbocycles. The topological polar surface area (TPSA) is 52.6 Å². The molecule has 0 aromatic heterocycles. The molecule has 2 fully saturated rings. The maximum Gasteiger partial charge on any atom is 0.157 e. The highest BCUT2D eigenvalue weighted by Gasteiger charge is 2.63. The molecule has 2 aromatic rings. The van der Waals surface area contributed by atoms with E-state index in [1.807, 2.05) is 54.6 Å². The Morgan fingerprint density at radius 1 is 1.00 bits per heavy atom. The Morgan fingerprint density at radius 3 is 2.16 bits per heavy atom. The van der Waals surface area contributed by atoms with Gasteiger partial charge in [-0.3, -0.25) is 0 Å². The fraction of sp³-hybridized carbons (Fsp3) is 0.400. The van der Waals surface area contributed by atoms with Crippen LogP contribution in [-0.2, 0) is 25.9 Å². The number of benzene rings is 2. The average Bonchev–Trinajstić information content (AvgIpc) is 2.51. The van der Waals surface area contributed by atoms with Crippen molar-refractivity contribution in [3.8, 4) is 5.75 Å². The van der Waals surface area contributed by atoms with Gasteiger partial charge >= 0.3 is 0 Å². The lowest BCUT2D eigenvalue weighted by Gasteiger charge is -2.59. The van der Waals surface area contributed by atoms with Crippen LogP contribution < -0.4 is 4.74 Å². The first kappa shape index (κ1) is 16.6. The number of ether oxygens (including phenoxy) is 2. The minimum atomic E-state index is -3.19. The van der Waals surface area contributed by atoms with E-state index >= 15 is 0 Å². The normalized spacial score (nSPS) is 20.5. The minimum Gasteiger partial charge on any atom is -0.489 e. The molecule has 25 heavy (non-hydrogen) atoms. The Labute approximate surface area is 148 Å². The smallest absolute Gasteiger partial charge is 0.157 e. The van der Waals surface area contributed by atoms with E-state index in [1.54, 1.807) is 0 Å². The Kier molecular flexibility index (Phi) is 3.89. The molecule has 0 bridgehead atoms. The van der Waals surface area contributed by atoms with Gasteiger partial charge in [0.1, 0.15) is 12.4 Å². The second-order valence-corrected chi connectivity index (χ2v) is 9.74. The van der Waals surface area contributed by atoms with Gasteiger partial charge in [0.05, 0.1) is 18.0 Å². The molecule has 0 N–H and O–H groups in total. The van der Waals surface area contributed by atoms with Crippen LogP contribution in [0.3, 0.4) is 0 Å². The third-order valence-electron chi connectivity index (χ3n) is 5.48. The van der Waals surface area contributed by atoms with Crippen LogP contribution >= 0.6 is 0 Å². The molecule has 0 amide bonds. The predicted molar refractivity (Wildman–Crippen MR) is 96.2 cm³/mol. The van der Waals surface area contributed by atoms with Gasteiger partial charge in [0.15, 0.2) is 9.84 Å². The standard InChI is InChI=1S/C20H22O4S/c1-25(21,22)20(12-19(13-20)14-23-15-19)17-7-9-18(10-8-17)24-11-16-5-3-2-4-6-16/h2-10H,11-15H2,1H3. The third kappa shape index (κ3) is 2.85. The highest BCUT2D eigenvalue weighted by atomic mass is 32.2. The van der Waals surface area contributed by atoms with Crippen molar-refractivity contribution < 1.29 is 17.9 Å². The van der Waals surface area contributed by atoms with Crippen molar-refractivity contribution in [1.29, 1.82) is 0 Å². The van der Waals surface area contributed by atoms with Gasteiger partial charge in [-0.25, -0.2) is 8.42 Å². The highest BCUT2D eigenvalue weighted by molar-refractivity contribution is 7.91. The first-order chi connectivity index (χ1) is 11.9. The molecule has 1 saturated carbocycles. The summed E-state index contributed by atoms with van der Waals surface area (Å²) in [7, 11) is -3.19. The summed E-state index contributed by atoms with van der Waals surface area (Å²) in [5.74, 6) is 0.747. The van der Waals surface area contributed by atoms with E-state index in [-0.39, 0.29) is 5.41 Å². The average molecular weight is 358 g/mol. The zero-order valence-electron chi connectivity index (χ0n) is 14.3. The van der Waals surface area contributed by atoms with Crippen LogP contribution in [0.25, 0.3) is 0 Å². The lowest BCUT2D eigenvalue weighted by atomic mass is 9.58. The first-order valence-corrected chi connectivity index (χ1v) is 10.4. The van der Waals surface area contributed by atoms with Gasteiger partial charge in [-0.15, -0.1) is 0 Å². The van der Waals surface area contributed by atoms with Gasteiger partial charge in [-0.2, -0.15) is 0 Å². The molecule has 2 aliphatic rings. The van der Waals surface area contributed by atoms with Crippen LogP contribution in [0.4, 0.5) is 0 Å². The summed E-state index contributed by atoms with van der Waals surface area (Å²) in [6.45, 7) is 1.86. The van der Waals surface area contributed by atoms with E-state index in [2.05, 4.69) is 0 Å². The summed E-state index contributed by atoms with van der Waals surface area (Å²) in [6.07, 6.45) is 2.66. The van der Waals surface area contributed by atoms with Crippen molar-refractivity contribution in [3.63, 3.8) is 0 Å². The van der Waals surface area contributed by atoms with Gasteiger partial charge in [0.2, 0.25) is 0 Å². The van der Waals surface area contributed by atoms with E-state index in [1.165, 1.54) is 6.26 Å². The molecule has 1 heterocycles. The minimum absolute atomic E-state index is 0.0750. The first-order valence-electron chi connectivity index (χ1n) is 8.47. The fourth-order valence-electron chi connectivity index (χ4n) is 4.03. The quantitative estimate of drug-likeness (QED) is 0.823. The highest BCUT2D eigenvalue weighted by Crippen LogP contribution is 2.61. The molecule has 0 unspecified atom stereocenters. The fourth-order valence-corrected chi connectivity index (χ4v) is 5.73. The molecule has 1 aliphatic carbocycles. The number of hydrogen-bond donors (Lipinski definition) is 0. The summed E-state index contributed by atoms with van der Waals surface area (Å²) < 4.78 is 35.3. The van der Waals surface area contributed by atoms with Gasteiger partial charge in [-0.1, -0.05) is 42.5 Å². The Bertz CT molecular complexity index is 844. The number of rotatable bonds is 5. The van der Waals surface area contributed by atoms with Crippen molar-refractivity contribution in [2.75, 3.05) is 19.5 Å². The summed E-state index contributed by atoms with van der Waals surface area (Å²) in [6, 6.07) is 17.5. The van der Waals surface area contributed by atoms with Crippen LogP contribution in [0.5, 0.6) is 5.75 Å². The molecule has 132 valence electrons. The lowest BCUT2D eigenvalue weighted by molar-refractivity contribution is -0.172. The van der Waals surface area contributed by atoms with Crippen LogP contribution in [0, 0.1) is 5.41 Å². The Balaban J connectivity index is 1.50. The summed E-state index contributed by atoms with van der Waals surface area (Å²) in [4.78, 5) is 0. The molecule has 1 spiro atoms. The van der Waals surface area contributed by atoms with E-state index in [4.69, 9.17) is 9.47 Å². The molecule has 5 heteroatoms. The number of hydrogen-bond acceptors (Lipinski definition) is 4. The second-order valence-electron chi connectivity index (χ2n) is 7.41. The van der Waals surface area contributed by atoms with Gasteiger partial charge < -0.3 is 9.47 Å². The monoisotopic (exact) mass is 358 g/mol. The largest absolute Gasteiger partial charge is 0.489 e. The molecular weight excluding hydrogens is 336 g/mol. The van der Waals surface area contributed by atoms with Gasteiger partial charge in [0.25, 0.3) is 0 Å². The van der Waals surface area contributed by atoms with Crippen LogP contribution in [-0.4, -0.2) is 27.9 Å². The third-order valence-corrected chi connectivity index (χ3v) is 7.42. The second kappa shape index (κ2) is 5.85. The zero-order chi connectivity index (χ0) is 17.5. The van der Waals surface area contributed by atoms with E-state index in [0.717, 1.165) is 16.9 Å². The molecule has 4 rings (SSSR count). The van der Waals surface area contributed by atoms with Crippen molar-refractivity contribution in [2.45, 2.75) is 24.2 Å². The molecule has 4 nitrogen and oxygen atoms in total. The summed E-state index contributed by atoms with van der Waals surface area (Å²) >= 11 is 0. The van der Waals surface area contributed by atoms with E-state index in [0.29, 0.717) is 32.7 Å². The van der Waals surface area contributed by atoms with Crippen molar-refractivity contribution in [1.82, 2.24) is 0 Å². The van der Waals surface area contributed by atoms with Gasteiger partial charge in [0, 0.05) is 11.7 Å². The molecule has 0 atom stereocenters. The number of sulfone groups is 1. The van der Waals surface area contributed by atoms with E-state index in [9.17, 15) is 8.42 Å². The predicted octanol–water partition coefficient (Wildman–Crippen LogP) is 3.32. The maximum absolute atomic E-state index is 12.5. The SMILES string of the molecule is CS(=O)(=O)C1(c2ccc(OCc3ccccc3)cc2)CC2(COC2)C1. The van der Waals surface area contributed by atoms with Crippen LogP contribution in [0.2, 0.25) is 0 Å².